The van der Waals surface area contributed by atoms with Crippen LogP contribution in [0.25, 0.3) is 11.1 Å². The van der Waals surface area contributed by atoms with Crippen molar-refractivity contribution >= 4 is 15.9 Å². The second-order valence-electron chi connectivity index (χ2n) is 4.29. The molecule has 3 heteroatoms. The molecule has 2 aromatic carbocycles. The Labute approximate surface area is 114 Å². The van der Waals surface area contributed by atoms with Crippen molar-refractivity contribution in [2.75, 3.05) is 0 Å². The Balaban J connectivity index is 2.77. The maximum atomic E-state index is 11.7. The Morgan fingerprint density at radius 3 is 2.44 bits per heavy atom. The summed E-state index contributed by atoms with van der Waals surface area (Å²) in [6, 6.07) is 11.1. The summed E-state index contributed by atoms with van der Waals surface area (Å²) in [7, 11) is 0. The van der Waals surface area contributed by atoms with E-state index >= 15 is 0 Å². The maximum absolute atomic E-state index is 11.7. The first-order valence-electron chi connectivity index (χ1n) is 5.59. The molecule has 18 heavy (non-hydrogen) atoms. The molecule has 0 aliphatic carbocycles. The van der Waals surface area contributed by atoms with Gasteiger partial charge >= 0.3 is 0 Å². The van der Waals surface area contributed by atoms with Crippen molar-refractivity contribution in [3.8, 4) is 16.9 Å². The van der Waals surface area contributed by atoms with Crippen LogP contribution in [0.15, 0.2) is 45.7 Å². The van der Waals surface area contributed by atoms with Gasteiger partial charge in [-0.2, -0.15) is 0 Å². The third-order valence-electron chi connectivity index (χ3n) is 2.87. The van der Waals surface area contributed by atoms with E-state index in [2.05, 4.69) is 15.9 Å². The summed E-state index contributed by atoms with van der Waals surface area (Å²) in [5, 5.41) is 9.77. The van der Waals surface area contributed by atoms with Gasteiger partial charge in [0.2, 0.25) is 5.43 Å². The third kappa shape index (κ3) is 2.46. The standard InChI is InChI=1S/C15H13BrO2/c1-9-6-10(2)15(18)14(17)8-13(9)11-4-3-5-12(16)7-11/h3-8H,1-2H3,(H,17,18). The van der Waals surface area contributed by atoms with E-state index in [0.29, 0.717) is 5.56 Å². The summed E-state index contributed by atoms with van der Waals surface area (Å²) in [6.07, 6.45) is 0. The van der Waals surface area contributed by atoms with E-state index in [-0.39, 0.29) is 11.2 Å². The molecule has 0 heterocycles. The van der Waals surface area contributed by atoms with Crippen LogP contribution in [0.4, 0.5) is 0 Å². The summed E-state index contributed by atoms with van der Waals surface area (Å²) >= 11 is 3.42. The van der Waals surface area contributed by atoms with E-state index in [1.54, 1.807) is 13.0 Å². The first kappa shape index (κ1) is 12.8. The zero-order chi connectivity index (χ0) is 13.3. The van der Waals surface area contributed by atoms with Crippen LogP contribution in [-0.2, 0) is 0 Å². The number of benzene rings is 1. The molecule has 2 aromatic rings. The predicted octanol–water partition coefficient (Wildman–Crippen LogP) is 3.80. The predicted molar refractivity (Wildman–Crippen MR) is 77.0 cm³/mol. The van der Waals surface area contributed by atoms with E-state index in [1.807, 2.05) is 31.2 Å². The van der Waals surface area contributed by atoms with E-state index in [1.165, 1.54) is 6.07 Å². The molecular formula is C15H13BrO2. The lowest BCUT2D eigenvalue weighted by atomic mass is 10.0. The molecule has 1 N–H and O–H groups in total. The van der Waals surface area contributed by atoms with Crippen molar-refractivity contribution in [2.24, 2.45) is 0 Å². The molecular weight excluding hydrogens is 292 g/mol. The summed E-state index contributed by atoms with van der Waals surface area (Å²) in [5.74, 6) is -0.212. The Morgan fingerprint density at radius 1 is 1.06 bits per heavy atom. The molecule has 0 aromatic heterocycles. The van der Waals surface area contributed by atoms with E-state index in [0.717, 1.165) is 21.2 Å². The van der Waals surface area contributed by atoms with Gasteiger partial charge in [-0.25, -0.2) is 0 Å². The molecule has 0 aliphatic heterocycles. The molecule has 2 nitrogen and oxygen atoms in total. The summed E-state index contributed by atoms with van der Waals surface area (Å²) < 4.78 is 0.962. The van der Waals surface area contributed by atoms with Crippen LogP contribution in [-0.4, -0.2) is 5.11 Å². The van der Waals surface area contributed by atoms with Crippen molar-refractivity contribution in [2.45, 2.75) is 13.8 Å². The Bertz CT molecular complexity index is 663. The van der Waals surface area contributed by atoms with Crippen molar-refractivity contribution in [1.82, 2.24) is 0 Å². The van der Waals surface area contributed by atoms with Gasteiger partial charge in [-0.3, -0.25) is 4.79 Å². The number of aromatic hydroxyl groups is 1. The smallest absolute Gasteiger partial charge is 0.223 e. The van der Waals surface area contributed by atoms with Gasteiger partial charge in [0.1, 0.15) is 0 Å². The lowest BCUT2D eigenvalue weighted by molar-refractivity contribution is 0.470. The number of aryl methyl sites for hydroxylation is 2. The zero-order valence-electron chi connectivity index (χ0n) is 10.2. The molecule has 0 spiro atoms. The van der Waals surface area contributed by atoms with E-state index < -0.39 is 0 Å². The molecule has 0 amide bonds. The van der Waals surface area contributed by atoms with Gasteiger partial charge in [0.25, 0.3) is 0 Å². The van der Waals surface area contributed by atoms with Crippen LogP contribution >= 0.6 is 15.9 Å². The van der Waals surface area contributed by atoms with Gasteiger partial charge in [-0.1, -0.05) is 34.1 Å². The molecule has 0 unspecified atom stereocenters. The minimum atomic E-state index is -0.320. The topological polar surface area (TPSA) is 37.3 Å². The first-order chi connectivity index (χ1) is 8.49. The Kier molecular flexibility index (Phi) is 3.53. The largest absolute Gasteiger partial charge is 0.504 e. The van der Waals surface area contributed by atoms with Crippen molar-refractivity contribution in [1.29, 1.82) is 0 Å². The first-order valence-corrected chi connectivity index (χ1v) is 6.39. The summed E-state index contributed by atoms with van der Waals surface area (Å²) in [6.45, 7) is 3.64. The van der Waals surface area contributed by atoms with Crippen LogP contribution in [0.1, 0.15) is 11.1 Å². The highest BCUT2D eigenvalue weighted by molar-refractivity contribution is 9.10. The van der Waals surface area contributed by atoms with Crippen molar-refractivity contribution in [3.63, 3.8) is 0 Å². The highest BCUT2D eigenvalue weighted by atomic mass is 79.9. The Hall–Kier alpha value is -1.61. The minimum Gasteiger partial charge on any atom is -0.504 e. The zero-order valence-corrected chi connectivity index (χ0v) is 11.8. The van der Waals surface area contributed by atoms with Crippen molar-refractivity contribution in [3.05, 3.63) is 62.2 Å². The fourth-order valence-electron chi connectivity index (χ4n) is 1.95. The molecule has 0 fully saturated rings. The van der Waals surface area contributed by atoms with E-state index in [9.17, 15) is 9.90 Å². The second-order valence-corrected chi connectivity index (χ2v) is 5.21. The molecule has 92 valence electrons. The van der Waals surface area contributed by atoms with E-state index in [4.69, 9.17) is 0 Å². The molecule has 0 saturated heterocycles. The van der Waals surface area contributed by atoms with Crippen LogP contribution in [0.3, 0.4) is 0 Å². The molecule has 0 aliphatic rings. The van der Waals surface area contributed by atoms with Gasteiger partial charge in [-0.15, -0.1) is 0 Å². The summed E-state index contributed by atoms with van der Waals surface area (Å²) in [4.78, 5) is 11.7. The average molecular weight is 305 g/mol. The molecule has 0 saturated carbocycles. The SMILES string of the molecule is Cc1cc(C)c(=O)c(O)cc1-c1cccc(Br)c1. The average Bonchev–Trinajstić information content (AvgIpc) is 2.42. The number of hydrogen-bond acceptors (Lipinski definition) is 2. The van der Waals surface area contributed by atoms with Gasteiger partial charge < -0.3 is 5.11 Å². The molecule has 0 bridgehead atoms. The summed E-state index contributed by atoms with van der Waals surface area (Å²) in [5.41, 5.74) is 3.01. The fourth-order valence-corrected chi connectivity index (χ4v) is 2.35. The second kappa shape index (κ2) is 4.94. The lowest BCUT2D eigenvalue weighted by Gasteiger charge is -2.03. The quantitative estimate of drug-likeness (QED) is 0.870. The van der Waals surface area contributed by atoms with Crippen molar-refractivity contribution < 1.29 is 5.11 Å². The third-order valence-corrected chi connectivity index (χ3v) is 3.36. The van der Waals surface area contributed by atoms with Crippen LogP contribution in [0, 0.1) is 13.8 Å². The monoisotopic (exact) mass is 304 g/mol. The molecule has 0 atom stereocenters. The van der Waals surface area contributed by atoms with Gasteiger partial charge in [-0.05, 0) is 48.7 Å². The number of rotatable bonds is 1. The number of hydrogen-bond donors (Lipinski definition) is 1. The van der Waals surface area contributed by atoms with Crippen LogP contribution < -0.4 is 5.43 Å². The minimum absolute atomic E-state index is 0.212. The lowest BCUT2D eigenvalue weighted by Crippen LogP contribution is -1.99. The highest BCUT2D eigenvalue weighted by Gasteiger charge is 2.06. The van der Waals surface area contributed by atoms with Gasteiger partial charge in [0.15, 0.2) is 5.75 Å². The normalized spacial score (nSPS) is 10.4. The highest BCUT2D eigenvalue weighted by Crippen LogP contribution is 2.27. The van der Waals surface area contributed by atoms with Crippen LogP contribution in [0.2, 0.25) is 0 Å². The molecule has 2 rings (SSSR count). The number of halogens is 1. The fraction of sp³-hybridized carbons (Fsp3) is 0.133. The van der Waals surface area contributed by atoms with Crippen LogP contribution in [0.5, 0.6) is 5.75 Å². The molecule has 0 radical (unpaired) electrons. The van der Waals surface area contributed by atoms with Gasteiger partial charge in [0.05, 0.1) is 0 Å². The van der Waals surface area contributed by atoms with Gasteiger partial charge in [0, 0.05) is 10.0 Å². The Morgan fingerprint density at radius 2 is 1.78 bits per heavy atom. The maximum Gasteiger partial charge on any atom is 0.223 e.